The van der Waals surface area contributed by atoms with Crippen molar-refractivity contribution in [2.24, 2.45) is 10.5 Å². The average molecular weight is 565 g/mol. The molecule has 0 unspecified atom stereocenters. The van der Waals surface area contributed by atoms with E-state index in [1.165, 1.54) is 11.8 Å². The summed E-state index contributed by atoms with van der Waals surface area (Å²) in [5, 5.41) is 4.30. The van der Waals surface area contributed by atoms with Gasteiger partial charge in [-0.25, -0.2) is 10.2 Å². The van der Waals surface area contributed by atoms with Crippen molar-refractivity contribution in [2.45, 2.75) is 53.4 Å². The van der Waals surface area contributed by atoms with Crippen LogP contribution in [0.15, 0.2) is 71.8 Å². The summed E-state index contributed by atoms with van der Waals surface area (Å²) >= 11 is 6.10. The number of nitrogens with one attached hydrogen (secondary N) is 1. The van der Waals surface area contributed by atoms with Gasteiger partial charge in [0.2, 0.25) is 0 Å². The highest BCUT2D eigenvalue weighted by Gasteiger charge is 2.27. The summed E-state index contributed by atoms with van der Waals surface area (Å²) in [4.78, 5) is 24.8. The second-order valence-electron chi connectivity index (χ2n) is 11.2. The molecule has 0 atom stereocenters. The van der Waals surface area contributed by atoms with E-state index in [4.69, 9.17) is 25.8 Å². The number of nitrogens with zero attached hydrogens (tertiary/aromatic N) is 1. The van der Waals surface area contributed by atoms with Gasteiger partial charge in [-0.2, -0.15) is 5.10 Å². The number of carbonyl (C=O) groups is 2. The van der Waals surface area contributed by atoms with Gasteiger partial charge in [0.15, 0.2) is 18.1 Å². The van der Waals surface area contributed by atoms with Crippen LogP contribution in [0.1, 0.15) is 69.4 Å². The fraction of sp³-hybridized carbons (Fsp3) is 0.344. The monoisotopic (exact) mass is 564 g/mol. The number of hydrazone groups is 1. The second-order valence-corrected chi connectivity index (χ2v) is 11.6. The summed E-state index contributed by atoms with van der Waals surface area (Å²) in [7, 11) is 0. The number of ether oxygens (including phenoxy) is 3. The Kier molecular flexibility index (Phi) is 10.3. The highest BCUT2D eigenvalue weighted by molar-refractivity contribution is 6.33. The van der Waals surface area contributed by atoms with Gasteiger partial charge in [0, 0.05) is 0 Å². The van der Waals surface area contributed by atoms with E-state index in [1.54, 1.807) is 42.5 Å². The maximum absolute atomic E-state index is 12.5. The Bertz CT molecular complexity index is 1340. The quantitative estimate of drug-likeness (QED) is 0.115. The molecule has 0 aliphatic carbocycles. The molecular formula is C32H37ClN2O5. The van der Waals surface area contributed by atoms with Crippen molar-refractivity contribution in [2.75, 3.05) is 13.2 Å². The normalized spacial score (nSPS) is 11.8. The molecular weight excluding hydrogens is 528 g/mol. The highest BCUT2D eigenvalue weighted by Crippen LogP contribution is 2.36. The van der Waals surface area contributed by atoms with Crippen LogP contribution in [0.2, 0.25) is 5.02 Å². The molecule has 1 amide bonds. The Morgan fingerprint density at radius 2 is 1.62 bits per heavy atom. The predicted molar refractivity (Wildman–Crippen MR) is 159 cm³/mol. The summed E-state index contributed by atoms with van der Waals surface area (Å²) < 4.78 is 16.8. The molecule has 3 aromatic rings. The molecule has 0 spiro atoms. The minimum absolute atomic E-state index is 0.0282. The molecule has 0 aromatic heterocycles. The van der Waals surface area contributed by atoms with Crippen molar-refractivity contribution in [3.05, 3.63) is 88.4 Å². The van der Waals surface area contributed by atoms with Crippen molar-refractivity contribution in [3.63, 3.8) is 0 Å². The SMILES string of the molecule is CCOc1cc(/C=N\NC(=O)COc2ccc(C(C)(C)CC(C)(C)C)cc2)ccc1OC(=O)c1ccccc1Cl. The number of carbonyl (C=O) groups excluding carboxylic acids is 2. The van der Waals surface area contributed by atoms with Crippen LogP contribution in [0.4, 0.5) is 0 Å². The minimum atomic E-state index is -0.594. The topological polar surface area (TPSA) is 86.2 Å². The maximum Gasteiger partial charge on any atom is 0.345 e. The van der Waals surface area contributed by atoms with Crippen LogP contribution < -0.4 is 19.6 Å². The van der Waals surface area contributed by atoms with Gasteiger partial charge in [-0.05, 0) is 77.8 Å². The fourth-order valence-corrected chi connectivity index (χ4v) is 4.74. The van der Waals surface area contributed by atoms with Gasteiger partial charge in [0.05, 0.1) is 23.4 Å². The van der Waals surface area contributed by atoms with E-state index in [1.807, 2.05) is 31.2 Å². The number of hydrogen-bond acceptors (Lipinski definition) is 6. The van der Waals surface area contributed by atoms with Crippen LogP contribution in [-0.2, 0) is 10.2 Å². The minimum Gasteiger partial charge on any atom is -0.490 e. The van der Waals surface area contributed by atoms with Crippen molar-refractivity contribution >= 4 is 29.7 Å². The van der Waals surface area contributed by atoms with Crippen LogP contribution in [0.25, 0.3) is 0 Å². The molecule has 3 aromatic carbocycles. The lowest BCUT2D eigenvalue weighted by atomic mass is 9.72. The van der Waals surface area contributed by atoms with Gasteiger partial charge in [-0.3, -0.25) is 4.79 Å². The highest BCUT2D eigenvalue weighted by atomic mass is 35.5. The second kappa shape index (κ2) is 13.5. The summed E-state index contributed by atoms with van der Waals surface area (Å²) in [6, 6.07) is 19.4. The number of benzene rings is 3. The first-order chi connectivity index (χ1) is 18.9. The zero-order valence-electron chi connectivity index (χ0n) is 23.9. The Labute approximate surface area is 241 Å². The lowest BCUT2D eigenvalue weighted by molar-refractivity contribution is -0.123. The standard InChI is InChI=1S/C32H37ClN2O5/c1-7-38-28-18-22(12-17-27(28)40-30(37)25-10-8-9-11-26(25)33)19-34-35-29(36)20-39-24-15-13-23(14-16-24)32(5,6)21-31(2,3)4/h8-19H,7,20-21H2,1-6H3,(H,35,36)/b34-19-. The van der Waals surface area contributed by atoms with Crippen molar-refractivity contribution in [1.82, 2.24) is 5.43 Å². The molecule has 1 N–H and O–H groups in total. The van der Waals surface area contributed by atoms with Gasteiger partial charge < -0.3 is 14.2 Å². The van der Waals surface area contributed by atoms with E-state index in [-0.39, 0.29) is 28.7 Å². The molecule has 3 rings (SSSR count). The Hall–Kier alpha value is -3.84. The third kappa shape index (κ3) is 9.12. The Balaban J connectivity index is 1.55. The van der Waals surface area contributed by atoms with E-state index in [0.717, 1.165) is 6.42 Å². The zero-order valence-corrected chi connectivity index (χ0v) is 24.7. The smallest absolute Gasteiger partial charge is 0.345 e. The van der Waals surface area contributed by atoms with E-state index >= 15 is 0 Å². The first-order valence-electron chi connectivity index (χ1n) is 13.2. The van der Waals surface area contributed by atoms with Crippen LogP contribution in [0, 0.1) is 5.41 Å². The van der Waals surface area contributed by atoms with Crippen LogP contribution in [-0.4, -0.2) is 31.3 Å². The van der Waals surface area contributed by atoms with Crippen LogP contribution >= 0.6 is 11.6 Å². The number of amides is 1. The lowest BCUT2D eigenvalue weighted by Gasteiger charge is -2.33. The first kappa shape index (κ1) is 30.7. The van der Waals surface area contributed by atoms with Crippen LogP contribution in [0.3, 0.4) is 0 Å². The largest absolute Gasteiger partial charge is 0.490 e. The molecule has 212 valence electrons. The van der Waals surface area contributed by atoms with Gasteiger partial charge in [0.25, 0.3) is 5.91 Å². The molecule has 0 heterocycles. The van der Waals surface area contributed by atoms with Crippen molar-refractivity contribution < 1.29 is 23.8 Å². The average Bonchev–Trinajstić information content (AvgIpc) is 2.88. The van der Waals surface area contributed by atoms with E-state index < -0.39 is 11.9 Å². The van der Waals surface area contributed by atoms with Gasteiger partial charge in [-0.1, -0.05) is 70.5 Å². The van der Waals surface area contributed by atoms with Crippen LogP contribution in [0.5, 0.6) is 17.2 Å². The number of halogens is 1. The molecule has 7 nitrogen and oxygen atoms in total. The molecule has 0 radical (unpaired) electrons. The van der Waals surface area contributed by atoms with Gasteiger partial charge >= 0.3 is 5.97 Å². The van der Waals surface area contributed by atoms with Crippen molar-refractivity contribution in [3.8, 4) is 17.2 Å². The lowest BCUT2D eigenvalue weighted by Crippen LogP contribution is -2.25. The van der Waals surface area contributed by atoms with Gasteiger partial charge in [0.1, 0.15) is 5.75 Å². The third-order valence-corrected chi connectivity index (χ3v) is 6.27. The summed E-state index contributed by atoms with van der Waals surface area (Å²) in [5.41, 5.74) is 4.81. The summed E-state index contributed by atoms with van der Waals surface area (Å²) in [6.07, 6.45) is 2.51. The van der Waals surface area contributed by atoms with E-state index in [2.05, 4.69) is 45.1 Å². The van der Waals surface area contributed by atoms with Gasteiger partial charge in [-0.15, -0.1) is 0 Å². The molecule has 0 saturated carbocycles. The first-order valence-corrected chi connectivity index (χ1v) is 13.5. The molecule has 0 aliphatic heterocycles. The van der Waals surface area contributed by atoms with E-state index in [9.17, 15) is 9.59 Å². The number of esters is 1. The summed E-state index contributed by atoms with van der Waals surface area (Å²) in [5.74, 6) is 0.217. The molecule has 8 heteroatoms. The predicted octanol–water partition coefficient (Wildman–Crippen LogP) is 7.20. The fourth-order valence-electron chi connectivity index (χ4n) is 4.53. The number of hydrogen-bond donors (Lipinski definition) is 1. The Morgan fingerprint density at radius 1 is 0.925 bits per heavy atom. The summed E-state index contributed by atoms with van der Waals surface area (Å²) in [6.45, 7) is 13.2. The molecule has 0 saturated heterocycles. The molecule has 0 bridgehead atoms. The molecule has 40 heavy (non-hydrogen) atoms. The zero-order chi connectivity index (χ0) is 29.3. The number of rotatable bonds is 11. The molecule has 0 fully saturated rings. The van der Waals surface area contributed by atoms with E-state index in [0.29, 0.717) is 28.7 Å². The maximum atomic E-state index is 12.5. The third-order valence-electron chi connectivity index (χ3n) is 5.94. The van der Waals surface area contributed by atoms with Crippen molar-refractivity contribution in [1.29, 1.82) is 0 Å². The Morgan fingerprint density at radius 3 is 2.27 bits per heavy atom. The molecule has 0 aliphatic rings.